The Kier molecular flexibility index (Phi) is 6.91. The van der Waals surface area contributed by atoms with Crippen molar-refractivity contribution in [2.45, 2.75) is 25.4 Å². The lowest BCUT2D eigenvalue weighted by Crippen LogP contribution is -2.25. The molecule has 28 heavy (non-hydrogen) atoms. The third kappa shape index (κ3) is 5.57. The highest BCUT2D eigenvalue weighted by atomic mass is 28.3. The van der Waals surface area contributed by atoms with Crippen LogP contribution in [0.4, 0.5) is 26.3 Å². The van der Waals surface area contributed by atoms with Crippen molar-refractivity contribution in [1.29, 1.82) is 0 Å². The van der Waals surface area contributed by atoms with Crippen LogP contribution in [0.25, 0.3) is 11.1 Å². The summed E-state index contributed by atoms with van der Waals surface area (Å²) < 4.78 is 93.8. The zero-order valence-corrected chi connectivity index (χ0v) is 16.3. The van der Waals surface area contributed by atoms with Gasteiger partial charge < -0.3 is 13.3 Å². The van der Waals surface area contributed by atoms with E-state index in [1.807, 2.05) is 0 Å². The number of hydrogen-bond acceptors (Lipinski definition) is 3. The first-order valence-electron chi connectivity index (χ1n) is 8.06. The normalized spacial score (nSPS) is 13.8. The molecule has 2 rings (SSSR count). The molecule has 2 aromatic rings. The van der Waals surface area contributed by atoms with Gasteiger partial charge in [0, 0.05) is 14.2 Å². The van der Waals surface area contributed by atoms with Crippen LogP contribution in [0.5, 0.6) is 0 Å². The minimum absolute atomic E-state index is 0.105. The van der Waals surface area contributed by atoms with Crippen LogP contribution < -0.4 is 0 Å². The molecule has 0 aliphatic carbocycles. The van der Waals surface area contributed by atoms with Gasteiger partial charge in [-0.1, -0.05) is 24.3 Å². The van der Waals surface area contributed by atoms with Crippen molar-refractivity contribution in [2.24, 2.45) is 0 Å². The standard InChI is InChI=1S/C18H18F6O3Si/c1-11(27-28(25-2)26-3)12-4-6-13(7-5-12)14-8-15(17(19,20)21)10-16(9-14)18(22,23)24/h4-11,28H,1-3H3. The number of hydrogen-bond donors (Lipinski definition) is 0. The van der Waals surface area contributed by atoms with Crippen molar-refractivity contribution in [3.63, 3.8) is 0 Å². The molecule has 0 amide bonds. The summed E-state index contributed by atoms with van der Waals surface area (Å²) in [5.41, 5.74) is -1.99. The summed E-state index contributed by atoms with van der Waals surface area (Å²) in [6.45, 7) is 1.74. The molecule has 0 aliphatic heterocycles. The first-order chi connectivity index (χ1) is 13.0. The molecule has 3 nitrogen and oxygen atoms in total. The fraction of sp³-hybridized carbons (Fsp3) is 0.333. The second kappa shape index (κ2) is 8.64. The summed E-state index contributed by atoms with van der Waals surface area (Å²) in [7, 11) is 0.599. The maximum absolute atomic E-state index is 13.0. The van der Waals surface area contributed by atoms with E-state index in [0.717, 1.165) is 0 Å². The third-order valence-corrected chi connectivity index (χ3v) is 5.40. The Balaban J connectivity index is 2.37. The predicted octanol–water partition coefficient (Wildman–Crippen LogP) is 5.48. The fourth-order valence-corrected chi connectivity index (χ4v) is 3.43. The second-order valence-electron chi connectivity index (χ2n) is 5.95. The van der Waals surface area contributed by atoms with Crippen LogP contribution in [0.2, 0.25) is 0 Å². The monoisotopic (exact) mass is 424 g/mol. The van der Waals surface area contributed by atoms with E-state index in [-0.39, 0.29) is 17.2 Å². The van der Waals surface area contributed by atoms with E-state index in [2.05, 4.69) is 0 Å². The third-order valence-electron chi connectivity index (χ3n) is 4.00. The lowest BCUT2D eigenvalue weighted by molar-refractivity contribution is -0.143. The molecule has 0 heterocycles. The van der Waals surface area contributed by atoms with Crippen molar-refractivity contribution in [3.8, 4) is 11.1 Å². The van der Waals surface area contributed by atoms with Gasteiger partial charge in [0.2, 0.25) is 0 Å². The molecule has 2 aromatic carbocycles. The molecule has 1 atom stereocenters. The molecule has 1 unspecified atom stereocenters. The minimum Gasteiger partial charge on any atom is -0.379 e. The molecular formula is C18H18F6O3Si. The van der Waals surface area contributed by atoms with Crippen LogP contribution in [-0.4, -0.2) is 23.7 Å². The zero-order chi connectivity index (χ0) is 21.1. The predicted molar refractivity (Wildman–Crippen MR) is 92.5 cm³/mol. The molecule has 0 aromatic heterocycles. The van der Waals surface area contributed by atoms with Gasteiger partial charge in [0.05, 0.1) is 17.2 Å². The maximum Gasteiger partial charge on any atom is 0.484 e. The van der Waals surface area contributed by atoms with Gasteiger partial charge in [-0.25, -0.2) is 0 Å². The number of alkyl halides is 6. The minimum atomic E-state index is -4.89. The van der Waals surface area contributed by atoms with Gasteiger partial charge in [-0.05, 0) is 41.8 Å². The van der Waals surface area contributed by atoms with E-state index in [4.69, 9.17) is 13.3 Å². The molecule has 10 heteroatoms. The largest absolute Gasteiger partial charge is 0.484 e. The van der Waals surface area contributed by atoms with Crippen molar-refractivity contribution in [2.75, 3.05) is 14.2 Å². The van der Waals surface area contributed by atoms with E-state index < -0.39 is 39.1 Å². The zero-order valence-electron chi connectivity index (χ0n) is 15.2. The Hall–Kier alpha value is -1.88. The van der Waals surface area contributed by atoms with Gasteiger partial charge in [0.15, 0.2) is 0 Å². The molecule has 154 valence electrons. The topological polar surface area (TPSA) is 27.7 Å². The Morgan fingerprint density at radius 3 is 1.61 bits per heavy atom. The van der Waals surface area contributed by atoms with Gasteiger partial charge in [-0.2, -0.15) is 26.3 Å². The van der Waals surface area contributed by atoms with Crippen LogP contribution in [0.3, 0.4) is 0 Å². The van der Waals surface area contributed by atoms with Crippen LogP contribution in [0.1, 0.15) is 29.7 Å². The molecule has 0 radical (unpaired) electrons. The van der Waals surface area contributed by atoms with Crippen molar-refractivity contribution < 1.29 is 39.6 Å². The Bertz CT molecular complexity index is 753. The van der Waals surface area contributed by atoms with E-state index in [1.54, 1.807) is 19.1 Å². The molecule has 0 aliphatic rings. The van der Waals surface area contributed by atoms with Crippen molar-refractivity contribution >= 4 is 9.53 Å². The van der Waals surface area contributed by atoms with Gasteiger partial charge in [-0.3, -0.25) is 0 Å². The molecular weight excluding hydrogens is 406 g/mol. The Labute approximate surface area is 159 Å². The van der Waals surface area contributed by atoms with Crippen LogP contribution in [0.15, 0.2) is 42.5 Å². The maximum atomic E-state index is 13.0. The summed E-state index contributed by atoms with van der Waals surface area (Å²) in [4.78, 5) is 0. The number of rotatable bonds is 6. The average Bonchev–Trinajstić information content (AvgIpc) is 2.64. The lowest BCUT2D eigenvalue weighted by Gasteiger charge is -2.19. The summed E-state index contributed by atoms with van der Waals surface area (Å²) in [6, 6.07) is 7.54. The molecule has 0 N–H and O–H groups in total. The SMILES string of the molecule is CO[SiH](OC)OC(C)c1ccc(-c2cc(C(F)(F)F)cc(C(F)(F)F)c2)cc1. The van der Waals surface area contributed by atoms with E-state index in [9.17, 15) is 26.3 Å². The average molecular weight is 424 g/mol. The van der Waals surface area contributed by atoms with Gasteiger partial charge in [-0.15, -0.1) is 0 Å². The van der Waals surface area contributed by atoms with Crippen molar-refractivity contribution in [3.05, 3.63) is 59.2 Å². The van der Waals surface area contributed by atoms with E-state index in [0.29, 0.717) is 17.7 Å². The summed E-state index contributed by atoms with van der Waals surface area (Å²) in [5.74, 6) is 0. The molecule has 0 spiro atoms. The first kappa shape index (κ1) is 22.4. The quantitative estimate of drug-likeness (QED) is 0.454. The molecule has 0 saturated heterocycles. The molecule has 0 saturated carbocycles. The van der Waals surface area contributed by atoms with Crippen LogP contribution in [0, 0.1) is 0 Å². The summed E-state index contributed by atoms with van der Waals surface area (Å²) >= 11 is 0. The molecule has 0 fully saturated rings. The van der Waals surface area contributed by atoms with Crippen LogP contribution >= 0.6 is 0 Å². The summed E-state index contributed by atoms with van der Waals surface area (Å²) in [6.07, 6.45) is -10.2. The van der Waals surface area contributed by atoms with Gasteiger partial charge in [0.1, 0.15) is 0 Å². The number of halogens is 6. The Morgan fingerprint density at radius 1 is 0.750 bits per heavy atom. The highest BCUT2D eigenvalue weighted by molar-refractivity contribution is 6.36. The summed E-state index contributed by atoms with van der Waals surface area (Å²) in [5, 5.41) is 0. The van der Waals surface area contributed by atoms with Crippen LogP contribution in [-0.2, 0) is 25.6 Å². The first-order valence-corrected chi connectivity index (χ1v) is 9.48. The van der Waals surface area contributed by atoms with Gasteiger partial charge in [0.25, 0.3) is 0 Å². The van der Waals surface area contributed by atoms with Crippen molar-refractivity contribution in [1.82, 2.24) is 0 Å². The highest BCUT2D eigenvalue weighted by Gasteiger charge is 2.37. The van der Waals surface area contributed by atoms with E-state index in [1.165, 1.54) is 26.4 Å². The fourth-order valence-electron chi connectivity index (χ4n) is 2.52. The van der Waals surface area contributed by atoms with Gasteiger partial charge >= 0.3 is 21.9 Å². The molecule has 0 bridgehead atoms. The highest BCUT2D eigenvalue weighted by Crippen LogP contribution is 2.38. The Morgan fingerprint density at radius 2 is 1.21 bits per heavy atom. The van der Waals surface area contributed by atoms with E-state index >= 15 is 0 Å². The second-order valence-corrected chi connectivity index (χ2v) is 7.75. The lowest BCUT2D eigenvalue weighted by atomic mass is 9.97. The number of benzene rings is 2. The smallest absolute Gasteiger partial charge is 0.379 e.